The van der Waals surface area contributed by atoms with Crippen LogP contribution in [0.3, 0.4) is 0 Å². The monoisotopic (exact) mass is 172 g/mol. The van der Waals surface area contributed by atoms with Gasteiger partial charge in [0.05, 0.1) is 13.2 Å². The number of rotatable bonds is 2. The number of ether oxygens (including phenoxy) is 1. The molecule has 0 saturated carbocycles. The topological polar surface area (TPSA) is 67.4 Å². The van der Waals surface area contributed by atoms with E-state index in [1.54, 1.807) is 6.92 Å². The fraction of sp³-hybridized carbons (Fsp3) is 0.714. The van der Waals surface area contributed by atoms with Crippen LogP contribution in [0.5, 0.6) is 0 Å². The van der Waals surface area contributed by atoms with Crippen LogP contribution in [0.4, 0.5) is 0 Å². The van der Waals surface area contributed by atoms with Gasteiger partial charge in [0.15, 0.2) is 0 Å². The Balaban J connectivity index is 2.40. The smallest absolute Gasteiger partial charge is 0.329 e. The van der Waals surface area contributed by atoms with Gasteiger partial charge < -0.3 is 15.4 Å². The summed E-state index contributed by atoms with van der Waals surface area (Å²) in [5.41, 5.74) is 0. The van der Waals surface area contributed by atoms with Crippen molar-refractivity contribution in [2.24, 2.45) is 0 Å². The third kappa shape index (κ3) is 2.20. The van der Waals surface area contributed by atoms with Gasteiger partial charge in [-0.15, -0.1) is 0 Å². The standard InChI is InChI=1S/C7H12N2O3/c1-2-12-7(11)5-3-8-4-6(10)9-5/h5,8H,2-4H2,1H3,(H,9,10)/t5-/m0/s1. The van der Waals surface area contributed by atoms with Crippen molar-refractivity contribution < 1.29 is 14.3 Å². The number of nitrogens with one attached hydrogen (secondary N) is 2. The molecule has 1 amide bonds. The first-order valence-corrected chi connectivity index (χ1v) is 3.90. The van der Waals surface area contributed by atoms with E-state index in [2.05, 4.69) is 10.6 Å². The molecule has 1 heterocycles. The summed E-state index contributed by atoms with van der Waals surface area (Å²) < 4.78 is 4.74. The van der Waals surface area contributed by atoms with Crippen molar-refractivity contribution in [2.75, 3.05) is 19.7 Å². The summed E-state index contributed by atoms with van der Waals surface area (Å²) >= 11 is 0. The number of esters is 1. The summed E-state index contributed by atoms with van der Waals surface area (Å²) in [6.07, 6.45) is 0. The third-order valence-corrected chi connectivity index (χ3v) is 1.54. The molecular weight excluding hydrogens is 160 g/mol. The molecule has 1 rings (SSSR count). The zero-order valence-electron chi connectivity index (χ0n) is 6.92. The van der Waals surface area contributed by atoms with Gasteiger partial charge in [0.1, 0.15) is 6.04 Å². The summed E-state index contributed by atoms with van der Waals surface area (Å²) in [6.45, 7) is 2.79. The molecule has 0 radical (unpaired) electrons. The molecule has 5 heteroatoms. The van der Waals surface area contributed by atoms with Crippen molar-refractivity contribution in [1.82, 2.24) is 10.6 Å². The Bertz CT molecular complexity index is 193. The Morgan fingerprint density at radius 1 is 1.75 bits per heavy atom. The number of amides is 1. The second-order valence-corrected chi connectivity index (χ2v) is 2.50. The molecule has 0 bridgehead atoms. The van der Waals surface area contributed by atoms with Crippen LogP contribution in [0, 0.1) is 0 Å². The van der Waals surface area contributed by atoms with E-state index in [0.717, 1.165) is 0 Å². The van der Waals surface area contributed by atoms with Crippen LogP contribution < -0.4 is 10.6 Å². The zero-order chi connectivity index (χ0) is 8.97. The van der Waals surface area contributed by atoms with Crippen LogP contribution in [0.1, 0.15) is 6.92 Å². The van der Waals surface area contributed by atoms with E-state index in [0.29, 0.717) is 13.2 Å². The second-order valence-electron chi connectivity index (χ2n) is 2.50. The number of hydrogen-bond donors (Lipinski definition) is 2. The van der Waals surface area contributed by atoms with Gasteiger partial charge in [-0.05, 0) is 6.92 Å². The molecule has 1 atom stereocenters. The Morgan fingerprint density at radius 3 is 3.08 bits per heavy atom. The van der Waals surface area contributed by atoms with E-state index >= 15 is 0 Å². The van der Waals surface area contributed by atoms with Crippen molar-refractivity contribution in [3.63, 3.8) is 0 Å². The zero-order valence-corrected chi connectivity index (χ0v) is 6.92. The number of carbonyl (C=O) groups excluding carboxylic acids is 2. The van der Waals surface area contributed by atoms with Crippen LogP contribution in [-0.4, -0.2) is 37.6 Å². The minimum absolute atomic E-state index is 0.167. The molecule has 1 saturated heterocycles. The summed E-state index contributed by atoms with van der Waals surface area (Å²) in [5.74, 6) is -0.544. The van der Waals surface area contributed by atoms with E-state index in [-0.39, 0.29) is 18.4 Å². The van der Waals surface area contributed by atoms with Crippen LogP contribution in [0.2, 0.25) is 0 Å². The normalized spacial score (nSPS) is 23.1. The van der Waals surface area contributed by atoms with Gasteiger partial charge in [0, 0.05) is 6.54 Å². The molecule has 0 spiro atoms. The molecule has 0 aromatic rings. The van der Waals surface area contributed by atoms with Crippen molar-refractivity contribution in [3.8, 4) is 0 Å². The summed E-state index contributed by atoms with van der Waals surface area (Å²) in [6, 6.07) is -0.522. The number of piperazine rings is 1. The van der Waals surface area contributed by atoms with Gasteiger partial charge in [-0.25, -0.2) is 4.79 Å². The molecule has 0 aliphatic carbocycles. The lowest BCUT2D eigenvalue weighted by Crippen LogP contribution is -2.56. The summed E-state index contributed by atoms with van der Waals surface area (Å²) in [5, 5.41) is 5.34. The van der Waals surface area contributed by atoms with Gasteiger partial charge in [-0.1, -0.05) is 0 Å². The Labute approximate surface area is 70.5 Å². The first-order chi connectivity index (χ1) is 5.74. The summed E-state index contributed by atoms with van der Waals surface area (Å²) in [4.78, 5) is 21.9. The van der Waals surface area contributed by atoms with Gasteiger partial charge in [-0.3, -0.25) is 4.79 Å². The number of hydrogen-bond acceptors (Lipinski definition) is 4. The fourth-order valence-corrected chi connectivity index (χ4v) is 1.01. The Hall–Kier alpha value is -1.10. The first kappa shape index (κ1) is 8.99. The molecule has 12 heavy (non-hydrogen) atoms. The summed E-state index contributed by atoms with van der Waals surface area (Å²) in [7, 11) is 0. The number of carbonyl (C=O) groups is 2. The minimum Gasteiger partial charge on any atom is -0.464 e. The molecule has 1 aliphatic heterocycles. The maximum atomic E-state index is 11.1. The molecule has 1 fully saturated rings. The maximum Gasteiger partial charge on any atom is 0.329 e. The molecule has 2 N–H and O–H groups in total. The van der Waals surface area contributed by atoms with E-state index < -0.39 is 6.04 Å². The average molecular weight is 172 g/mol. The first-order valence-electron chi connectivity index (χ1n) is 3.90. The highest BCUT2D eigenvalue weighted by molar-refractivity contribution is 5.86. The molecular formula is C7H12N2O3. The van der Waals surface area contributed by atoms with Crippen LogP contribution in [0.15, 0.2) is 0 Å². The lowest BCUT2D eigenvalue weighted by atomic mass is 10.2. The van der Waals surface area contributed by atoms with Gasteiger partial charge in [-0.2, -0.15) is 0 Å². The van der Waals surface area contributed by atoms with E-state index in [4.69, 9.17) is 4.74 Å². The second kappa shape index (κ2) is 4.06. The molecule has 0 aromatic heterocycles. The Morgan fingerprint density at radius 2 is 2.50 bits per heavy atom. The molecule has 0 aromatic carbocycles. The third-order valence-electron chi connectivity index (χ3n) is 1.54. The van der Waals surface area contributed by atoms with E-state index in [9.17, 15) is 9.59 Å². The SMILES string of the molecule is CCOC(=O)[C@@H]1CNCC(=O)N1. The maximum absolute atomic E-state index is 11.1. The molecule has 68 valence electrons. The lowest BCUT2D eigenvalue weighted by molar-refractivity contribution is -0.148. The predicted octanol–water partition coefficient (Wildman–Crippen LogP) is -1.36. The van der Waals surface area contributed by atoms with Gasteiger partial charge in [0.25, 0.3) is 0 Å². The Kier molecular flexibility index (Phi) is 3.04. The minimum atomic E-state index is -0.522. The van der Waals surface area contributed by atoms with Crippen LogP contribution in [0.25, 0.3) is 0 Å². The lowest BCUT2D eigenvalue weighted by Gasteiger charge is -2.22. The predicted molar refractivity (Wildman–Crippen MR) is 41.4 cm³/mol. The highest BCUT2D eigenvalue weighted by Crippen LogP contribution is 1.91. The van der Waals surface area contributed by atoms with Gasteiger partial charge in [0.2, 0.25) is 5.91 Å². The highest BCUT2D eigenvalue weighted by atomic mass is 16.5. The quantitative estimate of drug-likeness (QED) is 0.505. The molecule has 1 aliphatic rings. The fourth-order valence-electron chi connectivity index (χ4n) is 1.01. The van der Waals surface area contributed by atoms with Crippen molar-refractivity contribution in [1.29, 1.82) is 0 Å². The highest BCUT2D eigenvalue weighted by Gasteiger charge is 2.24. The van der Waals surface area contributed by atoms with Gasteiger partial charge >= 0.3 is 5.97 Å². The van der Waals surface area contributed by atoms with Crippen molar-refractivity contribution in [3.05, 3.63) is 0 Å². The average Bonchev–Trinajstić information content (AvgIpc) is 2.05. The van der Waals surface area contributed by atoms with E-state index in [1.165, 1.54) is 0 Å². The molecule has 0 unspecified atom stereocenters. The molecule has 5 nitrogen and oxygen atoms in total. The van der Waals surface area contributed by atoms with Crippen LogP contribution >= 0.6 is 0 Å². The van der Waals surface area contributed by atoms with Crippen molar-refractivity contribution in [2.45, 2.75) is 13.0 Å². The largest absolute Gasteiger partial charge is 0.464 e. The van der Waals surface area contributed by atoms with Crippen molar-refractivity contribution >= 4 is 11.9 Å². The van der Waals surface area contributed by atoms with Crippen LogP contribution in [-0.2, 0) is 14.3 Å². The van der Waals surface area contributed by atoms with E-state index in [1.807, 2.05) is 0 Å².